The third kappa shape index (κ3) is 0.797. The molecule has 0 atom stereocenters. The van der Waals surface area contributed by atoms with Crippen LogP contribution in [0.1, 0.15) is 10.5 Å². The second-order valence-electron chi connectivity index (χ2n) is 2.15. The van der Waals surface area contributed by atoms with Gasteiger partial charge in [-0.15, -0.1) is 0 Å². The maximum Gasteiger partial charge on any atom is 0.169 e. The fraction of sp³-hybridized carbons (Fsp3) is 0. The van der Waals surface area contributed by atoms with Crippen molar-refractivity contribution in [2.45, 2.75) is 0 Å². The molecular formula is C7H5N3O. The summed E-state index contributed by atoms with van der Waals surface area (Å²) in [6.07, 6.45) is 3.88. The number of aldehydes is 1. The molecule has 0 amide bonds. The van der Waals surface area contributed by atoms with E-state index < -0.39 is 0 Å². The molecule has 0 bridgehead atoms. The van der Waals surface area contributed by atoms with E-state index in [4.69, 9.17) is 0 Å². The summed E-state index contributed by atoms with van der Waals surface area (Å²) in [6, 6.07) is 1.77. The molecule has 0 spiro atoms. The van der Waals surface area contributed by atoms with E-state index in [2.05, 4.69) is 15.2 Å². The van der Waals surface area contributed by atoms with Gasteiger partial charge in [-0.25, -0.2) is 0 Å². The Kier molecular flexibility index (Phi) is 1.18. The number of fused-ring (bicyclic) bond motifs is 1. The van der Waals surface area contributed by atoms with Crippen LogP contribution in [0, 0.1) is 0 Å². The van der Waals surface area contributed by atoms with Crippen LogP contribution in [0.3, 0.4) is 0 Å². The zero-order chi connectivity index (χ0) is 7.68. The summed E-state index contributed by atoms with van der Waals surface area (Å²) in [5, 5.41) is 7.30. The number of H-pyrrole nitrogens is 1. The summed E-state index contributed by atoms with van der Waals surface area (Å²) in [5.41, 5.74) is 1.26. The Morgan fingerprint density at radius 2 is 2.45 bits per heavy atom. The number of hydrogen-bond donors (Lipinski definition) is 1. The number of aromatic nitrogens is 3. The molecule has 0 aromatic carbocycles. The maximum absolute atomic E-state index is 10.4. The lowest BCUT2D eigenvalue weighted by Crippen LogP contribution is -1.85. The van der Waals surface area contributed by atoms with Gasteiger partial charge in [0.2, 0.25) is 0 Å². The molecular weight excluding hydrogens is 142 g/mol. The van der Waals surface area contributed by atoms with Gasteiger partial charge in [0, 0.05) is 11.6 Å². The first-order valence-corrected chi connectivity index (χ1v) is 3.15. The molecule has 0 saturated heterocycles. The smallest absolute Gasteiger partial charge is 0.169 e. The predicted octanol–water partition coefficient (Wildman–Crippen LogP) is 0.770. The van der Waals surface area contributed by atoms with Crippen molar-refractivity contribution in [3.63, 3.8) is 0 Å². The van der Waals surface area contributed by atoms with Crippen LogP contribution in [0.15, 0.2) is 18.5 Å². The fourth-order valence-corrected chi connectivity index (χ4v) is 0.983. The standard InChI is InChI=1S/C7H5N3O/c11-4-7-5-3-9-10-6(5)1-2-8-7/h1-4H,(H,9,10). The van der Waals surface area contributed by atoms with Gasteiger partial charge in [0.25, 0.3) is 0 Å². The highest BCUT2D eigenvalue weighted by Gasteiger charge is 2.00. The van der Waals surface area contributed by atoms with Crippen molar-refractivity contribution in [3.8, 4) is 0 Å². The first-order valence-electron chi connectivity index (χ1n) is 3.15. The summed E-state index contributed by atoms with van der Waals surface area (Å²) >= 11 is 0. The Bertz CT molecular complexity index is 393. The van der Waals surface area contributed by atoms with Crippen LogP contribution in [-0.2, 0) is 0 Å². The van der Waals surface area contributed by atoms with Crippen molar-refractivity contribution in [1.29, 1.82) is 0 Å². The van der Waals surface area contributed by atoms with Gasteiger partial charge in [-0.05, 0) is 6.07 Å². The highest BCUT2D eigenvalue weighted by molar-refractivity contribution is 5.93. The molecule has 1 N–H and O–H groups in total. The van der Waals surface area contributed by atoms with E-state index in [1.54, 1.807) is 18.5 Å². The molecule has 0 fully saturated rings. The molecule has 0 aliphatic carbocycles. The van der Waals surface area contributed by atoms with E-state index >= 15 is 0 Å². The Morgan fingerprint density at radius 3 is 3.27 bits per heavy atom. The summed E-state index contributed by atoms with van der Waals surface area (Å²) in [7, 11) is 0. The Morgan fingerprint density at radius 1 is 1.55 bits per heavy atom. The molecule has 0 aliphatic heterocycles. The van der Waals surface area contributed by atoms with E-state index in [1.807, 2.05) is 0 Å². The average Bonchev–Trinajstić information content (AvgIpc) is 2.50. The SMILES string of the molecule is O=Cc1nccc2[nH]ncc12. The van der Waals surface area contributed by atoms with E-state index in [0.717, 1.165) is 17.2 Å². The van der Waals surface area contributed by atoms with Gasteiger partial charge < -0.3 is 0 Å². The number of nitrogens with one attached hydrogen (secondary N) is 1. The van der Waals surface area contributed by atoms with Crippen molar-refractivity contribution in [3.05, 3.63) is 24.2 Å². The largest absolute Gasteiger partial charge is 0.296 e. The number of pyridine rings is 1. The Labute approximate surface area is 62.3 Å². The van der Waals surface area contributed by atoms with Crippen LogP contribution < -0.4 is 0 Å². The topological polar surface area (TPSA) is 58.6 Å². The lowest BCUT2D eigenvalue weighted by atomic mass is 10.2. The van der Waals surface area contributed by atoms with Gasteiger partial charge >= 0.3 is 0 Å². The summed E-state index contributed by atoms with van der Waals surface area (Å²) in [4.78, 5) is 14.3. The van der Waals surface area contributed by atoms with Crippen LogP contribution in [0.5, 0.6) is 0 Å². The van der Waals surface area contributed by atoms with Crippen molar-refractivity contribution >= 4 is 17.2 Å². The minimum atomic E-state index is 0.427. The fourth-order valence-electron chi connectivity index (χ4n) is 0.983. The van der Waals surface area contributed by atoms with E-state index in [0.29, 0.717) is 5.69 Å². The lowest BCUT2D eigenvalue weighted by Gasteiger charge is -1.89. The van der Waals surface area contributed by atoms with Crippen molar-refractivity contribution in [1.82, 2.24) is 15.2 Å². The zero-order valence-electron chi connectivity index (χ0n) is 5.61. The first-order chi connectivity index (χ1) is 5.42. The highest BCUT2D eigenvalue weighted by Crippen LogP contribution is 2.10. The monoisotopic (exact) mass is 147 g/mol. The quantitative estimate of drug-likeness (QED) is 0.606. The maximum atomic E-state index is 10.4. The number of nitrogens with zero attached hydrogens (tertiary/aromatic N) is 2. The molecule has 0 unspecified atom stereocenters. The Hall–Kier alpha value is -1.71. The van der Waals surface area contributed by atoms with Gasteiger partial charge in [0.05, 0.1) is 11.7 Å². The average molecular weight is 147 g/mol. The second-order valence-corrected chi connectivity index (χ2v) is 2.15. The molecule has 0 aliphatic rings. The Balaban J connectivity index is 2.88. The number of rotatable bonds is 1. The van der Waals surface area contributed by atoms with Crippen LogP contribution in [-0.4, -0.2) is 21.5 Å². The molecule has 54 valence electrons. The molecule has 2 heterocycles. The van der Waals surface area contributed by atoms with Gasteiger partial charge in [0.15, 0.2) is 6.29 Å². The normalized spacial score (nSPS) is 10.2. The molecule has 11 heavy (non-hydrogen) atoms. The van der Waals surface area contributed by atoms with Crippen LogP contribution in [0.25, 0.3) is 10.9 Å². The van der Waals surface area contributed by atoms with Crippen LogP contribution >= 0.6 is 0 Å². The summed E-state index contributed by atoms with van der Waals surface area (Å²) in [6.45, 7) is 0. The molecule has 2 aromatic rings. The van der Waals surface area contributed by atoms with Gasteiger partial charge in [0.1, 0.15) is 5.69 Å². The first kappa shape index (κ1) is 6.03. The second kappa shape index (κ2) is 2.16. The van der Waals surface area contributed by atoms with Crippen molar-refractivity contribution in [2.24, 2.45) is 0 Å². The van der Waals surface area contributed by atoms with Crippen LogP contribution in [0.4, 0.5) is 0 Å². The zero-order valence-corrected chi connectivity index (χ0v) is 5.61. The molecule has 4 heteroatoms. The van der Waals surface area contributed by atoms with Gasteiger partial charge in [-0.1, -0.05) is 0 Å². The predicted molar refractivity (Wildman–Crippen MR) is 39.3 cm³/mol. The molecule has 0 radical (unpaired) electrons. The third-order valence-electron chi connectivity index (χ3n) is 1.51. The van der Waals surface area contributed by atoms with E-state index in [-0.39, 0.29) is 0 Å². The van der Waals surface area contributed by atoms with E-state index in [9.17, 15) is 4.79 Å². The number of hydrogen-bond acceptors (Lipinski definition) is 3. The number of aromatic amines is 1. The number of carbonyl (C=O) groups excluding carboxylic acids is 1. The van der Waals surface area contributed by atoms with E-state index in [1.165, 1.54) is 0 Å². The van der Waals surface area contributed by atoms with Gasteiger partial charge in [-0.2, -0.15) is 5.10 Å². The van der Waals surface area contributed by atoms with Crippen molar-refractivity contribution in [2.75, 3.05) is 0 Å². The molecule has 4 nitrogen and oxygen atoms in total. The van der Waals surface area contributed by atoms with Gasteiger partial charge in [-0.3, -0.25) is 14.9 Å². The molecule has 0 saturated carbocycles. The van der Waals surface area contributed by atoms with Crippen molar-refractivity contribution < 1.29 is 4.79 Å². The molecule has 2 aromatic heterocycles. The number of carbonyl (C=O) groups is 1. The lowest BCUT2D eigenvalue weighted by molar-refractivity contribution is 0.112. The summed E-state index contributed by atoms with van der Waals surface area (Å²) in [5.74, 6) is 0. The highest BCUT2D eigenvalue weighted by atomic mass is 16.1. The third-order valence-corrected chi connectivity index (χ3v) is 1.51. The minimum Gasteiger partial charge on any atom is -0.296 e. The minimum absolute atomic E-state index is 0.427. The summed E-state index contributed by atoms with van der Waals surface area (Å²) < 4.78 is 0. The molecule has 2 rings (SSSR count). The van der Waals surface area contributed by atoms with Crippen LogP contribution in [0.2, 0.25) is 0 Å².